The van der Waals surface area contributed by atoms with E-state index in [-0.39, 0.29) is 57.2 Å². The second-order valence-electron chi connectivity index (χ2n) is 14.5. The zero-order valence-corrected chi connectivity index (χ0v) is 32.3. The van der Waals surface area contributed by atoms with Gasteiger partial charge in [-0.1, -0.05) is 79.7 Å². The highest BCUT2D eigenvalue weighted by Gasteiger charge is 2.38. The lowest BCUT2D eigenvalue weighted by atomic mass is 9.96. The second-order valence-corrected chi connectivity index (χ2v) is 14.5. The maximum Gasteiger partial charge on any atom is 0.410 e. The van der Waals surface area contributed by atoms with Gasteiger partial charge in [0.25, 0.3) is 0 Å². The van der Waals surface area contributed by atoms with Crippen molar-refractivity contribution in [2.45, 2.75) is 89.4 Å². The van der Waals surface area contributed by atoms with Crippen LogP contribution in [0, 0.1) is 5.92 Å². The molecule has 0 saturated carbocycles. The standard InChI is InChI=1S/C43H50N4O10/c1-3-55-42(53)34(44)18-19-40(51)56-24-28-16-14-27(15-17-28)22-37(48)35(23-39(45)50)46-41(52)26(2)21-38(49)36-13-8-20-47(36)43(54)57-25-33-31-11-6-4-9-29(31)30-10-5-7-12-32(30)33/h4-7,9-12,14-17,26,33-36H,3,8,13,18-25,44H2,1-2H3,(H2,45,50)(H,46,52)/t26-,34-,35+,36+/m1/s1. The first-order valence-corrected chi connectivity index (χ1v) is 19.3. The van der Waals surface area contributed by atoms with Gasteiger partial charge in [-0.05, 0) is 59.6 Å². The van der Waals surface area contributed by atoms with Crippen molar-refractivity contribution in [1.29, 1.82) is 0 Å². The van der Waals surface area contributed by atoms with Crippen LogP contribution in [-0.2, 0) is 56.0 Å². The number of primary amides is 1. The number of carbonyl (C=O) groups excluding carboxylic acids is 7. The van der Waals surface area contributed by atoms with Crippen molar-refractivity contribution >= 4 is 41.4 Å². The van der Waals surface area contributed by atoms with Crippen LogP contribution in [0.25, 0.3) is 11.1 Å². The van der Waals surface area contributed by atoms with Gasteiger partial charge in [0.1, 0.15) is 19.3 Å². The summed E-state index contributed by atoms with van der Waals surface area (Å²) in [6, 6.07) is 19.8. The molecule has 3 aromatic rings. The van der Waals surface area contributed by atoms with Crippen LogP contribution in [-0.4, -0.2) is 84.2 Å². The van der Waals surface area contributed by atoms with Crippen molar-refractivity contribution in [2.75, 3.05) is 19.8 Å². The maximum absolute atomic E-state index is 13.5. The van der Waals surface area contributed by atoms with E-state index >= 15 is 0 Å². The molecule has 57 heavy (non-hydrogen) atoms. The first-order chi connectivity index (χ1) is 27.4. The molecule has 5 N–H and O–H groups in total. The molecule has 1 heterocycles. The number of nitrogens with zero attached hydrogens (tertiary/aromatic N) is 1. The van der Waals surface area contributed by atoms with Crippen molar-refractivity contribution in [3.8, 4) is 11.1 Å². The summed E-state index contributed by atoms with van der Waals surface area (Å²) >= 11 is 0. The third-order valence-corrected chi connectivity index (χ3v) is 10.3. The Kier molecular flexibility index (Phi) is 14.7. The van der Waals surface area contributed by atoms with Gasteiger partial charge in [0.2, 0.25) is 11.8 Å². The van der Waals surface area contributed by atoms with Gasteiger partial charge in [0, 0.05) is 37.6 Å². The van der Waals surface area contributed by atoms with Crippen molar-refractivity contribution in [3.63, 3.8) is 0 Å². The fourth-order valence-corrected chi connectivity index (χ4v) is 7.24. The first-order valence-electron chi connectivity index (χ1n) is 19.3. The molecule has 3 aromatic carbocycles. The van der Waals surface area contributed by atoms with Crippen molar-refractivity contribution < 1.29 is 47.8 Å². The van der Waals surface area contributed by atoms with Crippen LogP contribution in [0.2, 0.25) is 0 Å². The van der Waals surface area contributed by atoms with E-state index in [1.807, 2.05) is 36.4 Å². The molecule has 0 bridgehead atoms. The van der Waals surface area contributed by atoms with E-state index in [9.17, 15) is 33.6 Å². The third kappa shape index (κ3) is 11.1. The van der Waals surface area contributed by atoms with Gasteiger partial charge in [-0.3, -0.25) is 33.7 Å². The smallest absolute Gasteiger partial charge is 0.410 e. The van der Waals surface area contributed by atoms with E-state index in [1.54, 1.807) is 38.1 Å². The van der Waals surface area contributed by atoms with E-state index in [0.29, 0.717) is 30.5 Å². The number of hydrogen-bond donors (Lipinski definition) is 3. The number of carbonyl (C=O) groups is 7. The van der Waals surface area contributed by atoms with Crippen LogP contribution in [0.4, 0.5) is 4.79 Å². The fourth-order valence-electron chi connectivity index (χ4n) is 7.24. The van der Waals surface area contributed by atoms with Crippen LogP contribution >= 0.6 is 0 Å². The summed E-state index contributed by atoms with van der Waals surface area (Å²) < 4.78 is 15.9. The van der Waals surface area contributed by atoms with Gasteiger partial charge in [0.15, 0.2) is 11.6 Å². The Balaban J connectivity index is 1.09. The molecule has 14 nitrogen and oxygen atoms in total. The number of Topliss-reactive ketones (excluding diaryl/α,β-unsaturated/α-hetero) is 2. The Morgan fingerprint density at radius 3 is 2.11 bits per heavy atom. The van der Waals surface area contributed by atoms with Crippen molar-refractivity contribution in [3.05, 3.63) is 95.1 Å². The normalized spacial score (nSPS) is 16.1. The minimum absolute atomic E-state index is 0.0387. The lowest BCUT2D eigenvalue weighted by Crippen LogP contribution is -2.47. The minimum atomic E-state index is -1.22. The number of amides is 3. The van der Waals surface area contributed by atoms with E-state index < -0.39 is 66.1 Å². The monoisotopic (exact) mass is 782 g/mol. The number of fused-ring (bicyclic) bond motifs is 3. The summed E-state index contributed by atoms with van der Waals surface area (Å²) in [5, 5.41) is 2.60. The van der Waals surface area contributed by atoms with Crippen LogP contribution < -0.4 is 16.8 Å². The summed E-state index contributed by atoms with van der Waals surface area (Å²) in [6.45, 7) is 3.83. The van der Waals surface area contributed by atoms with Gasteiger partial charge in [-0.15, -0.1) is 0 Å². The highest BCUT2D eigenvalue weighted by molar-refractivity contribution is 5.96. The Hall–Kier alpha value is -5.89. The Bertz CT molecular complexity index is 1920. The van der Waals surface area contributed by atoms with E-state index in [4.69, 9.17) is 25.7 Å². The van der Waals surface area contributed by atoms with Crippen LogP contribution in [0.1, 0.15) is 80.5 Å². The first kappa shape index (κ1) is 42.3. The van der Waals surface area contributed by atoms with Gasteiger partial charge >= 0.3 is 18.0 Å². The molecule has 5 rings (SSSR count). The quantitative estimate of drug-likeness (QED) is 0.117. The minimum Gasteiger partial charge on any atom is -0.465 e. The van der Waals surface area contributed by atoms with Gasteiger partial charge in [0.05, 0.1) is 25.1 Å². The highest BCUT2D eigenvalue weighted by atomic mass is 16.6. The highest BCUT2D eigenvalue weighted by Crippen LogP contribution is 2.44. The molecule has 1 saturated heterocycles. The molecule has 4 atom stereocenters. The Morgan fingerprint density at radius 1 is 0.842 bits per heavy atom. The number of likely N-dealkylation sites (tertiary alicyclic amines) is 1. The molecule has 0 aromatic heterocycles. The van der Waals surface area contributed by atoms with E-state index in [2.05, 4.69) is 17.4 Å². The topological polar surface area (TPSA) is 214 Å². The molecule has 1 aliphatic carbocycles. The summed E-state index contributed by atoms with van der Waals surface area (Å²) in [4.78, 5) is 90.5. The van der Waals surface area contributed by atoms with Crippen LogP contribution in [0.15, 0.2) is 72.8 Å². The fraction of sp³-hybridized carbons (Fsp3) is 0.419. The number of ether oxygens (including phenoxy) is 3. The summed E-state index contributed by atoms with van der Waals surface area (Å²) in [5.74, 6) is -4.27. The number of nitrogens with one attached hydrogen (secondary N) is 1. The van der Waals surface area contributed by atoms with Crippen LogP contribution in [0.3, 0.4) is 0 Å². The zero-order valence-electron chi connectivity index (χ0n) is 32.3. The Labute approximate surface area is 331 Å². The number of rotatable bonds is 19. The lowest BCUT2D eigenvalue weighted by molar-refractivity contribution is -0.147. The number of benzene rings is 3. The summed E-state index contributed by atoms with van der Waals surface area (Å²) in [5.41, 5.74) is 16.7. The predicted molar refractivity (Wildman–Crippen MR) is 208 cm³/mol. The summed E-state index contributed by atoms with van der Waals surface area (Å²) in [6.07, 6.45) is -0.272. The average Bonchev–Trinajstić information content (AvgIpc) is 3.82. The molecular weight excluding hydrogens is 732 g/mol. The number of hydrogen-bond acceptors (Lipinski definition) is 11. The van der Waals surface area contributed by atoms with Gasteiger partial charge in [-0.25, -0.2) is 4.79 Å². The van der Waals surface area contributed by atoms with Gasteiger partial charge in [-0.2, -0.15) is 0 Å². The van der Waals surface area contributed by atoms with E-state index in [1.165, 1.54) is 4.90 Å². The van der Waals surface area contributed by atoms with E-state index in [0.717, 1.165) is 22.3 Å². The maximum atomic E-state index is 13.5. The number of esters is 2. The Morgan fingerprint density at radius 2 is 1.47 bits per heavy atom. The molecule has 2 aliphatic rings. The predicted octanol–water partition coefficient (Wildman–Crippen LogP) is 3.88. The van der Waals surface area contributed by atoms with Crippen LogP contribution in [0.5, 0.6) is 0 Å². The molecular formula is C43H50N4O10. The molecule has 1 fully saturated rings. The second kappa shape index (κ2) is 19.8. The SMILES string of the molecule is CCOC(=O)[C@H](N)CCC(=O)OCc1ccc(CC(=O)[C@H](CC(N)=O)NC(=O)[C@H](C)CC(=O)[C@@H]2CCCN2C(=O)OCC2c3ccccc3-c3ccccc32)cc1. The van der Waals surface area contributed by atoms with Crippen molar-refractivity contribution in [2.24, 2.45) is 17.4 Å². The molecule has 3 amide bonds. The molecule has 0 unspecified atom stereocenters. The molecule has 0 spiro atoms. The number of nitrogens with two attached hydrogens (primary N) is 2. The lowest BCUT2D eigenvalue weighted by Gasteiger charge is -2.25. The molecule has 0 radical (unpaired) electrons. The molecule has 302 valence electrons. The summed E-state index contributed by atoms with van der Waals surface area (Å²) in [7, 11) is 0. The van der Waals surface area contributed by atoms with Gasteiger partial charge < -0.3 is 31.0 Å². The van der Waals surface area contributed by atoms with Crippen molar-refractivity contribution in [1.82, 2.24) is 10.2 Å². The molecule has 1 aliphatic heterocycles. The number of ketones is 2. The largest absolute Gasteiger partial charge is 0.465 e. The average molecular weight is 783 g/mol. The molecule has 14 heteroatoms. The third-order valence-electron chi connectivity index (χ3n) is 10.3. The zero-order chi connectivity index (χ0) is 41.1.